The highest BCUT2D eigenvalue weighted by Crippen LogP contribution is 2.38. The van der Waals surface area contributed by atoms with Crippen molar-refractivity contribution in [3.8, 4) is 0 Å². The average molecular weight is 252 g/mol. The second-order valence-electron chi connectivity index (χ2n) is 4.51. The zero-order valence-electron chi connectivity index (χ0n) is 10.9. The van der Waals surface area contributed by atoms with E-state index < -0.39 is 0 Å². The van der Waals surface area contributed by atoms with Crippen molar-refractivity contribution in [2.24, 2.45) is 0 Å². The maximum atomic E-state index is 9.31. The van der Waals surface area contributed by atoms with E-state index in [1.807, 2.05) is 20.0 Å². The quantitative estimate of drug-likeness (QED) is 0.671. The highest BCUT2D eigenvalue weighted by atomic mass is 16.5. The molecule has 100 valence electrons. The third kappa shape index (κ3) is 3.08. The van der Waals surface area contributed by atoms with Gasteiger partial charge in [-0.15, -0.1) is 0 Å². The van der Waals surface area contributed by atoms with Gasteiger partial charge in [0.05, 0.1) is 12.1 Å². The van der Waals surface area contributed by atoms with Gasteiger partial charge in [-0.2, -0.15) is 0 Å². The second kappa shape index (κ2) is 5.49. The number of nitrogens with zero attached hydrogens (tertiary/aromatic N) is 2. The van der Waals surface area contributed by atoms with E-state index in [0.29, 0.717) is 19.0 Å². The molecule has 1 saturated carbocycles. The van der Waals surface area contributed by atoms with Gasteiger partial charge >= 0.3 is 0 Å². The lowest BCUT2D eigenvalue weighted by Crippen LogP contribution is -2.26. The van der Waals surface area contributed by atoms with Crippen molar-refractivity contribution in [3.63, 3.8) is 0 Å². The van der Waals surface area contributed by atoms with Gasteiger partial charge in [0.2, 0.25) is 0 Å². The summed E-state index contributed by atoms with van der Waals surface area (Å²) < 4.78 is 5.32. The van der Waals surface area contributed by atoms with Crippen LogP contribution in [0, 0.1) is 0 Å². The summed E-state index contributed by atoms with van der Waals surface area (Å²) in [5, 5.41) is 15.6. The first-order valence-corrected chi connectivity index (χ1v) is 6.24. The van der Waals surface area contributed by atoms with Crippen LogP contribution in [0.4, 0.5) is 11.6 Å². The minimum Gasteiger partial charge on any atom is -0.394 e. The van der Waals surface area contributed by atoms with Gasteiger partial charge in [-0.3, -0.25) is 0 Å². The molecule has 1 aliphatic rings. The first-order valence-electron chi connectivity index (χ1n) is 6.24. The van der Waals surface area contributed by atoms with Crippen molar-refractivity contribution in [3.05, 3.63) is 11.9 Å². The SMILES string of the molecule is CCOCc1nc(NC)cc(NC2(CO)CC2)n1. The van der Waals surface area contributed by atoms with Gasteiger partial charge in [0.1, 0.15) is 18.2 Å². The topological polar surface area (TPSA) is 79.3 Å². The van der Waals surface area contributed by atoms with Crippen LogP contribution in [-0.2, 0) is 11.3 Å². The number of aliphatic hydroxyl groups is 1. The molecule has 6 nitrogen and oxygen atoms in total. The molecule has 0 radical (unpaired) electrons. The standard InChI is InChI=1S/C12H20N4O2/c1-3-18-7-11-14-9(13-2)6-10(15-11)16-12(8-17)4-5-12/h6,17H,3-5,7-8H2,1-2H3,(H2,13,14,15,16). The Balaban J connectivity index is 2.12. The molecule has 0 spiro atoms. The highest BCUT2D eigenvalue weighted by Gasteiger charge is 2.42. The lowest BCUT2D eigenvalue weighted by Gasteiger charge is -2.16. The van der Waals surface area contributed by atoms with Gasteiger partial charge < -0.3 is 20.5 Å². The minimum atomic E-state index is -0.178. The van der Waals surface area contributed by atoms with Gasteiger partial charge in [-0.05, 0) is 19.8 Å². The molecule has 0 unspecified atom stereocenters. The van der Waals surface area contributed by atoms with Gasteiger partial charge in [0.15, 0.2) is 5.82 Å². The molecule has 1 aromatic rings. The van der Waals surface area contributed by atoms with E-state index in [-0.39, 0.29) is 12.1 Å². The number of hydrogen-bond donors (Lipinski definition) is 3. The molecular formula is C12H20N4O2. The number of aliphatic hydroxyl groups excluding tert-OH is 1. The largest absolute Gasteiger partial charge is 0.394 e. The van der Waals surface area contributed by atoms with Crippen LogP contribution in [0.15, 0.2) is 6.07 Å². The Bertz CT molecular complexity index is 407. The second-order valence-corrected chi connectivity index (χ2v) is 4.51. The fourth-order valence-electron chi connectivity index (χ4n) is 1.69. The van der Waals surface area contributed by atoms with E-state index >= 15 is 0 Å². The molecule has 1 aliphatic carbocycles. The van der Waals surface area contributed by atoms with Crippen LogP contribution in [-0.4, -0.2) is 40.9 Å². The maximum Gasteiger partial charge on any atom is 0.158 e. The summed E-state index contributed by atoms with van der Waals surface area (Å²) >= 11 is 0. The van der Waals surface area contributed by atoms with Gasteiger partial charge in [0.25, 0.3) is 0 Å². The predicted molar refractivity (Wildman–Crippen MR) is 69.6 cm³/mol. The lowest BCUT2D eigenvalue weighted by molar-refractivity contribution is 0.128. The van der Waals surface area contributed by atoms with Gasteiger partial charge in [-0.1, -0.05) is 0 Å². The first kappa shape index (κ1) is 13.0. The molecule has 0 saturated heterocycles. The molecule has 0 aromatic carbocycles. The molecule has 0 atom stereocenters. The summed E-state index contributed by atoms with van der Waals surface area (Å²) in [5.74, 6) is 2.12. The molecule has 1 heterocycles. The van der Waals surface area contributed by atoms with E-state index in [1.165, 1.54) is 0 Å². The molecule has 1 aromatic heterocycles. The van der Waals surface area contributed by atoms with Crippen LogP contribution in [0.1, 0.15) is 25.6 Å². The summed E-state index contributed by atoms with van der Waals surface area (Å²) in [6.07, 6.45) is 1.95. The molecule has 0 bridgehead atoms. The van der Waals surface area contributed by atoms with Crippen LogP contribution < -0.4 is 10.6 Å². The third-order valence-corrected chi connectivity index (χ3v) is 3.01. The van der Waals surface area contributed by atoms with Gasteiger partial charge in [-0.25, -0.2) is 9.97 Å². The van der Waals surface area contributed by atoms with Crippen molar-refractivity contribution in [2.45, 2.75) is 31.9 Å². The van der Waals surface area contributed by atoms with Crippen LogP contribution in [0.5, 0.6) is 0 Å². The number of aromatic nitrogens is 2. The zero-order valence-corrected chi connectivity index (χ0v) is 10.9. The van der Waals surface area contributed by atoms with E-state index in [1.54, 1.807) is 0 Å². The molecule has 0 amide bonds. The monoisotopic (exact) mass is 252 g/mol. The van der Waals surface area contributed by atoms with Crippen LogP contribution in [0.25, 0.3) is 0 Å². The molecule has 3 N–H and O–H groups in total. The number of anilines is 2. The lowest BCUT2D eigenvalue weighted by atomic mass is 10.3. The maximum absolute atomic E-state index is 9.31. The predicted octanol–water partition coefficient (Wildman–Crippen LogP) is 0.992. The smallest absolute Gasteiger partial charge is 0.158 e. The van der Waals surface area contributed by atoms with Crippen LogP contribution >= 0.6 is 0 Å². The van der Waals surface area contributed by atoms with Crippen LogP contribution in [0.2, 0.25) is 0 Å². The van der Waals surface area contributed by atoms with E-state index in [4.69, 9.17) is 4.74 Å². The first-order chi connectivity index (χ1) is 8.71. The van der Waals surface area contributed by atoms with Gasteiger partial charge in [0, 0.05) is 19.7 Å². The Hall–Kier alpha value is -1.40. The number of ether oxygens (including phenoxy) is 1. The van der Waals surface area contributed by atoms with Crippen molar-refractivity contribution in [1.29, 1.82) is 0 Å². The van der Waals surface area contributed by atoms with E-state index in [9.17, 15) is 5.11 Å². The molecule has 2 rings (SSSR count). The fourth-order valence-corrected chi connectivity index (χ4v) is 1.69. The average Bonchev–Trinajstić information content (AvgIpc) is 3.16. The van der Waals surface area contributed by atoms with Crippen molar-refractivity contribution in [1.82, 2.24) is 9.97 Å². The Morgan fingerprint density at radius 3 is 2.67 bits per heavy atom. The van der Waals surface area contributed by atoms with Crippen molar-refractivity contribution in [2.75, 3.05) is 30.9 Å². The summed E-state index contributed by atoms with van der Waals surface area (Å²) in [4.78, 5) is 8.71. The summed E-state index contributed by atoms with van der Waals surface area (Å²) in [7, 11) is 1.81. The Morgan fingerprint density at radius 1 is 1.39 bits per heavy atom. The fraction of sp³-hybridized carbons (Fsp3) is 0.667. The van der Waals surface area contributed by atoms with E-state index in [2.05, 4.69) is 20.6 Å². The Morgan fingerprint density at radius 2 is 2.11 bits per heavy atom. The van der Waals surface area contributed by atoms with Crippen molar-refractivity contribution >= 4 is 11.6 Å². The van der Waals surface area contributed by atoms with Crippen LogP contribution in [0.3, 0.4) is 0 Å². The third-order valence-electron chi connectivity index (χ3n) is 3.01. The summed E-state index contributed by atoms with van der Waals surface area (Å²) in [6, 6.07) is 1.84. The molecular weight excluding hydrogens is 232 g/mol. The van der Waals surface area contributed by atoms with Crippen molar-refractivity contribution < 1.29 is 9.84 Å². The Labute approximate surface area is 107 Å². The number of hydrogen-bond acceptors (Lipinski definition) is 6. The van der Waals surface area contributed by atoms with E-state index in [0.717, 1.165) is 24.5 Å². The number of nitrogens with one attached hydrogen (secondary N) is 2. The highest BCUT2D eigenvalue weighted by molar-refractivity contribution is 5.49. The zero-order chi connectivity index (χ0) is 13.0. The normalized spacial score (nSPS) is 16.4. The molecule has 1 fully saturated rings. The summed E-state index contributed by atoms with van der Waals surface area (Å²) in [5.41, 5.74) is -0.178. The Kier molecular flexibility index (Phi) is 3.98. The minimum absolute atomic E-state index is 0.132. The number of rotatable bonds is 7. The molecule has 0 aliphatic heterocycles. The molecule has 6 heteroatoms. The summed E-state index contributed by atoms with van der Waals surface area (Å²) in [6.45, 7) is 3.10. The molecule has 18 heavy (non-hydrogen) atoms.